The smallest absolute Gasteiger partial charge is 0.224 e. The van der Waals surface area contributed by atoms with Crippen LogP contribution in [0.1, 0.15) is 38.2 Å². The van der Waals surface area contributed by atoms with Gasteiger partial charge in [-0.1, -0.05) is 23.7 Å². The molecule has 1 atom stereocenters. The van der Waals surface area contributed by atoms with Crippen LogP contribution in [0.5, 0.6) is 0 Å². The van der Waals surface area contributed by atoms with Gasteiger partial charge in [-0.2, -0.15) is 0 Å². The lowest BCUT2D eigenvalue weighted by Crippen LogP contribution is -2.44. The van der Waals surface area contributed by atoms with E-state index < -0.39 is 0 Å². The van der Waals surface area contributed by atoms with Gasteiger partial charge in [-0.25, -0.2) is 0 Å². The standard InChI is InChI=1S/C19H29ClN4O.HI/c1-15-7-4-5-12-24(15)18(25)10-11-22-19(21-2)23(3)14-16-8-6-9-17(20)13-16;/h6,8-9,13,15H,4-5,7,10-12,14H2,1-3H3,(H,21,22);1H. The summed E-state index contributed by atoms with van der Waals surface area (Å²) in [6.45, 7) is 4.33. The Morgan fingerprint density at radius 2 is 2.19 bits per heavy atom. The molecule has 1 unspecified atom stereocenters. The SMILES string of the molecule is CN=C(NCCC(=O)N1CCCCC1C)N(C)Cc1cccc(Cl)c1.I. The number of nitrogens with zero attached hydrogens (tertiary/aromatic N) is 3. The van der Waals surface area contributed by atoms with Crippen molar-refractivity contribution in [1.29, 1.82) is 0 Å². The van der Waals surface area contributed by atoms with Gasteiger partial charge in [0.05, 0.1) is 0 Å². The predicted octanol–water partition coefficient (Wildman–Crippen LogP) is 3.76. The highest BCUT2D eigenvalue weighted by atomic mass is 127. The van der Waals surface area contributed by atoms with Gasteiger partial charge in [0.2, 0.25) is 5.91 Å². The third-order valence-corrected chi connectivity index (χ3v) is 4.86. The van der Waals surface area contributed by atoms with Crippen molar-refractivity contribution in [3.05, 3.63) is 34.9 Å². The maximum absolute atomic E-state index is 12.4. The molecule has 1 aromatic rings. The van der Waals surface area contributed by atoms with Gasteiger partial charge in [-0.05, 0) is 43.9 Å². The summed E-state index contributed by atoms with van der Waals surface area (Å²) >= 11 is 6.04. The quantitative estimate of drug-likeness (QED) is 0.387. The largest absolute Gasteiger partial charge is 0.356 e. The number of nitrogens with one attached hydrogen (secondary N) is 1. The van der Waals surface area contributed by atoms with E-state index in [1.807, 2.05) is 41.1 Å². The summed E-state index contributed by atoms with van der Waals surface area (Å²) in [5.74, 6) is 1.01. The first-order chi connectivity index (χ1) is 12.0. The molecule has 1 aliphatic rings. The molecule has 1 aromatic carbocycles. The summed E-state index contributed by atoms with van der Waals surface area (Å²) in [5.41, 5.74) is 1.12. The van der Waals surface area contributed by atoms with Gasteiger partial charge in [0.15, 0.2) is 5.96 Å². The van der Waals surface area contributed by atoms with E-state index in [0.717, 1.165) is 35.9 Å². The van der Waals surface area contributed by atoms with Crippen molar-refractivity contribution < 1.29 is 4.79 Å². The topological polar surface area (TPSA) is 47.9 Å². The molecule has 2 rings (SSSR count). The van der Waals surface area contributed by atoms with Crippen LogP contribution in [-0.4, -0.2) is 54.9 Å². The second-order valence-electron chi connectivity index (χ2n) is 6.64. The fraction of sp³-hybridized carbons (Fsp3) is 0.579. The van der Waals surface area contributed by atoms with Crippen molar-refractivity contribution in [1.82, 2.24) is 15.1 Å². The number of benzene rings is 1. The van der Waals surface area contributed by atoms with E-state index in [2.05, 4.69) is 17.2 Å². The highest BCUT2D eigenvalue weighted by Gasteiger charge is 2.22. The molecule has 1 N–H and O–H groups in total. The number of piperidine rings is 1. The maximum Gasteiger partial charge on any atom is 0.224 e. The summed E-state index contributed by atoms with van der Waals surface area (Å²) in [5, 5.41) is 4.02. The van der Waals surface area contributed by atoms with E-state index in [4.69, 9.17) is 11.6 Å². The van der Waals surface area contributed by atoms with Gasteiger partial charge in [-0.3, -0.25) is 9.79 Å². The maximum atomic E-state index is 12.4. The van der Waals surface area contributed by atoms with Crippen molar-refractivity contribution in [2.24, 2.45) is 4.99 Å². The summed E-state index contributed by atoms with van der Waals surface area (Å²) in [7, 11) is 3.73. The van der Waals surface area contributed by atoms with E-state index in [-0.39, 0.29) is 29.9 Å². The number of hydrogen-bond acceptors (Lipinski definition) is 2. The van der Waals surface area contributed by atoms with Crippen LogP contribution in [0, 0.1) is 0 Å². The number of halogens is 2. The molecule has 1 amide bonds. The minimum Gasteiger partial charge on any atom is -0.356 e. The van der Waals surface area contributed by atoms with E-state index >= 15 is 0 Å². The first-order valence-electron chi connectivity index (χ1n) is 8.97. The molecule has 7 heteroatoms. The monoisotopic (exact) mass is 492 g/mol. The Morgan fingerprint density at radius 1 is 1.42 bits per heavy atom. The summed E-state index contributed by atoms with van der Waals surface area (Å²) < 4.78 is 0. The van der Waals surface area contributed by atoms with Crippen LogP contribution < -0.4 is 5.32 Å². The Hall–Kier alpha value is -1.02. The minimum absolute atomic E-state index is 0. The average Bonchev–Trinajstić information content (AvgIpc) is 2.59. The average molecular weight is 493 g/mol. The molecule has 1 fully saturated rings. The Labute approximate surface area is 179 Å². The number of rotatable bonds is 5. The second kappa shape index (κ2) is 11.6. The highest BCUT2D eigenvalue weighted by molar-refractivity contribution is 14.0. The van der Waals surface area contributed by atoms with Crippen molar-refractivity contribution >= 4 is 47.4 Å². The van der Waals surface area contributed by atoms with E-state index in [0.29, 0.717) is 25.6 Å². The molecular weight excluding hydrogens is 463 g/mol. The number of guanidine groups is 1. The van der Waals surface area contributed by atoms with Crippen LogP contribution in [-0.2, 0) is 11.3 Å². The highest BCUT2D eigenvalue weighted by Crippen LogP contribution is 2.17. The molecule has 0 aliphatic carbocycles. The van der Waals surface area contributed by atoms with E-state index in [1.165, 1.54) is 6.42 Å². The molecule has 0 saturated carbocycles. The normalized spacial score (nSPS) is 17.5. The Kier molecular flexibility index (Phi) is 10.3. The zero-order valence-corrected chi connectivity index (χ0v) is 19.0. The second-order valence-corrected chi connectivity index (χ2v) is 7.08. The number of aliphatic imine (C=N–C) groups is 1. The third-order valence-electron chi connectivity index (χ3n) is 4.63. The Morgan fingerprint density at radius 3 is 2.85 bits per heavy atom. The van der Waals surface area contributed by atoms with Crippen molar-refractivity contribution in [2.75, 3.05) is 27.2 Å². The van der Waals surface area contributed by atoms with Crippen molar-refractivity contribution in [3.8, 4) is 0 Å². The molecule has 1 aliphatic heterocycles. The number of hydrogen-bond donors (Lipinski definition) is 1. The van der Waals surface area contributed by atoms with Crippen molar-refractivity contribution in [3.63, 3.8) is 0 Å². The molecule has 26 heavy (non-hydrogen) atoms. The zero-order chi connectivity index (χ0) is 18.2. The molecule has 1 saturated heterocycles. The van der Waals surface area contributed by atoms with E-state index in [9.17, 15) is 4.79 Å². The summed E-state index contributed by atoms with van der Waals surface area (Å²) in [6, 6.07) is 8.17. The van der Waals surface area contributed by atoms with Gasteiger partial charge in [0.1, 0.15) is 0 Å². The van der Waals surface area contributed by atoms with Crippen LogP contribution >= 0.6 is 35.6 Å². The van der Waals surface area contributed by atoms with Gasteiger partial charge < -0.3 is 15.1 Å². The first kappa shape index (κ1) is 23.0. The molecule has 146 valence electrons. The van der Waals surface area contributed by atoms with Crippen LogP contribution in [0.4, 0.5) is 0 Å². The van der Waals surface area contributed by atoms with Crippen molar-refractivity contribution in [2.45, 2.75) is 45.2 Å². The van der Waals surface area contributed by atoms with Gasteiger partial charge in [0.25, 0.3) is 0 Å². The van der Waals surface area contributed by atoms with Gasteiger partial charge in [-0.15, -0.1) is 24.0 Å². The number of carbonyl (C=O) groups excluding carboxylic acids is 1. The third kappa shape index (κ3) is 6.95. The first-order valence-corrected chi connectivity index (χ1v) is 9.34. The van der Waals surface area contributed by atoms with Crippen LogP contribution in [0.3, 0.4) is 0 Å². The van der Waals surface area contributed by atoms with Crippen LogP contribution in [0.15, 0.2) is 29.3 Å². The van der Waals surface area contributed by atoms with E-state index in [1.54, 1.807) is 7.05 Å². The molecular formula is C19H30ClIN4O. The number of likely N-dealkylation sites (tertiary alicyclic amines) is 1. The fourth-order valence-corrected chi connectivity index (χ4v) is 3.48. The van der Waals surface area contributed by atoms with Gasteiger partial charge >= 0.3 is 0 Å². The Bertz CT molecular complexity index is 611. The van der Waals surface area contributed by atoms with Gasteiger partial charge in [0, 0.05) is 51.2 Å². The van der Waals surface area contributed by atoms with Crippen LogP contribution in [0.2, 0.25) is 5.02 Å². The predicted molar refractivity (Wildman–Crippen MR) is 119 cm³/mol. The molecule has 5 nitrogen and oxygen atoms in total. The van der Waals surface area contributed by atoms with Crippen LogP contribution in [0.25, 0.3) is 0 Å². The molecule has 0 aromatic heterocycles. The minimum atomic E-state index is 0. The number of amides is 1. The molecule has 1 heterocycles. The fourth-order valence-electron chi connectivity index (χ4n) is 3.26. The summed E-state index contributed by atoms with van der Waals surface area (Å²) in [4.78, 5) is 20.7. The lowest BCUT2D eigenvalue weighted by Gasteiger charge is -2.33. The molecule has 0 bridgehead atoms. The lowest BCUT2D eigenvalue weighted by atomic mass is 10.0. The zero-order valence-electron chi connectivity index (χ0n) is 15.9. The number of carbonyl (C=O) groups is 1. The molecule has 0 spiro atoms. The molecule has 0 radical (unpaired) electrons. The summed E-state index contributed by atoms with van der Waals surface area (Å²) in [6.07, 6.45) is 3.95. The lowest BCUT2D eigenvalue weighted by molar-refractivity contribution is -0.134. The Balaban J connectivity index is 0.00000338.